The fourth-order valence-corrected chi connectivity index (χ4v) is 3.76. The number of anilines is 1. The van der Waals surface area contributed by atoms with Gasteiger partial charge < -0.3 is 29.2 Å². The van der Waals surface area contributed by atoms with Crippen molar-refractivity contribution in [2.75, 3.05) is 26.6 Å². The SMILES string of the molecule is COc1cc2ncnc(Oc3cnn(CC(=O)Nc4ccc(CN(C)C(=O)OC(C)(C)C)cc4)c3)c2cc1OC. The third-order valence-corrected chi connectivity index (χ3v) is 5.60. The van der Waals surface area contributed by atoms with Gasteiger partial charge in [-0.25, -0.2) is 14.8 Å². The molecule has 0 unspecified atom stereocenters. The number of amides is 2. The first-order valence-corrected chi connectivity index (χ1v) is 12.4. The first-order valence-electron chi connectivity index (χ1n) is 12.4. The molecule has 0 atom stereocenters. The maximum atomic E-state index is 12.6. The number of benzene rings is 2. The molecule has 12 heteroatoms. The summed E-state index contributed by atoms with van der Waals surface area (Å²) >= 11 is 0. The quantitative estimate of drug-likeness (QED) is 0.318. The van der Waals surface area contributed by atoms with E-state index < -0.39 is 11.7 Å². The summed E-state index contributed by atoms with van der Waals surface area (Å²) in [6.07, 6.45) is 4.09. The molecule has 12 nitrogen and oxygen atoms in total. The maximum absolute atomic E-state index is 12.6. The molecule has 0 radical (unpaired) electrons. The molecule has 0 aliphatic carbocycles. The van der Waals surface area contributed by atoms with E-state index in [1.807, 2.05) is 32.9 Å². The van der Waals surface area contributed by atoms with Gasteiger partial charge in [0.2, 0.25) is 11.8 Å². The Balaban J connectivity index is 1.34. The number of carbonyl (C=O) groups excluding carboxylic acids is 2. The molecule has 0 aliphatic heterocycles. The standard InChI is InChI=1S/C28H32N6O6/c1-28(2,3)40-27(36)33(4)14-18-7-9-19(10-8-18)32-25(35)16-34-15-20(13-31-34)39-26-21-11-23(37-5)24(38-6)12-22(21)29-17-30-26/h7-13,15,17H,14,16H2,1-6H3,(H,32,35). The van der Waals surface area contributed by atoms with E-state index in [2.05, 4.69) is 20.4 Å². The van der Waals surface area contributed by atoms with Gasteiger partial charge in [0, 0.05) is 25.3 Å². The van der Waals surface area contributed by atoms with Crippen LogP contribution in [0.3, 0.4) is 0 Å². The Morgan fingerprint density at radius 2 is 1.73 bits per heavy atom. The minimum absolute atomic E-state index is 0.0258. The van der Waals surface area contributed by atoms with E-state index in [0.29, 0.717) is 46.3 Å². The molecule has 0 bridgehead atoms. The van der Waals surface area contributed by atoms with Crippen molar-refractivity contribution in [2.24, 2.45) is 0 Å². The van der Waals surface area contributed by atoms with Crippen molar-refractivity contribution in [3.05, 3.63) is 60.7 Å². The number of hydrogen-bond donors (Lipinski definition) is 1. The highest BCUT2D eigenvalue weighted by Crippen LogP contribution is 2.35. The van der Waals surface area contributed by atoms with Gasteiger partial charge in [-0.2, -0.15) is 5.10 Å². The molecule has 0 aliphatic rings. The predicted octanol–water partition coefficient (Wildman–Crippen LogP) is 4.64. The van der Waals surface area contributed by atoms with Gasteiger partial charge in [-0.3, -0.25) is 9.48 Å². The third kappa shape index (κ3) is 7.16. The smallest absolute Gasteiger partial charge is 0.410 e. The zero-order chi connectivity index (χ0) is 28.9. The summed E-state index contributed by atoms with van der Waals surface area (Å²) in [6, 6.07) is 10.7. The van der Waals surface area contributed by atoms with E-state index in [9.17, 15) is 9.59 Å². The van der Waals surface area contributed by atoms with E-state index >= 15 is 0 Å². The lowest BCUT2D eigenvalue weighted by molar-refractivity contribution is -0.116. The van der Waals surface area contributed by atoms with Crippen LogP contribution in [-0.4, -0.2) is 63.5 Å². The van der Waals surface area contributed by atoms with Crippen LogP contribution in [0.25, 0.3) is 10.9 Å². The topological polar surface area (TPSA) is 130 Å². The van der Waals surface area contributed by atoms with Crippen LogP contribution in [0.15, 0.2) is 55.1 Å². The number of nitrogens with one attached hydrogen (secondary N) is 1. The number of methoxy groups -OCH3 is 2. The highest BCUT2D eigenvalue weighted by molar-refractivity contribution is 5.90. The van der Waals surface area contributed by atoms with Crippen molar-refractivity contribution in [1.29, 1.82) is 0 Å². The number of aromatic nitrogens is 4. The van der Waals surface area contributed by atoms with Gasteiger partial charge in [0.05, 0.1) is 37.5 Å². The fourth-order valence-electron chi connectivity index (χ4n) is 3.76. The lowest BCUT2D eigenvalue weighted by Gasteiger charge is -2.24. The monoisotopic (exact) mass is 548 g/mol. The zero-order valence-corrected chi connectivity index (χ0v) is 23.3. The zero-order valence-electron chi connectivity index (χ0n) is 23.3. The average Bonchev–Trinajstić information content (AvgIpc) is 3.34. The number of nitrogens with zero attached hydrogens (tertiary/aromatic N) is 5. The highest BCUT2D eigenvalue weighted by Gasteiger charge is 2.19. The summed E-state index contributed by atoms with van der Waals surface area (Å²) in [5.74, 6) is 1.51. The summed E-state index contributed by atoms with van der Waals surface area (Å²) in [6.45, 7) is 5.82. The van der Waals surface area contributed by atoms with Gasteiger partial charge in [0.15, 0.2) is 17.2 Å². The van der Waals surface area contributed by atoms with Crippen molar-refractivity contribution in [3.63, 3.8) is 0 Å². The lowest BCUT2D eigenvalue weighted by atomic mass is 10.2. The van der Waals surface area contributed by atoms with Crippen molar-refractivity contribution in [1.82, 2.24) is 24.6 Å². The second kappa shape index (κ2) is 11.9. The Morgan fingerprint density at radius 1 is 1.02 bits per heavy atom. The predicted molar refractivity (Wildman–Crippen MR) is 148 cm³/mol. The van der Waals surface area contributed by atoms with Crippen molar-refractivity contribution in [2.45, 2.75) is 39.5 Å². The van der Waals surface area contributed by atoms with Gasteiger partial charge in [0.1, 0.15) is 18.5 Å². The molecule has 4 rings (SSSR count). The molecule has 40 heavy (non-hydrogen) atoms. The summed E-state index contributed by atoms with van der Waals surface area (Å²) in [4.78, 5) is 34.8. The van der Waals surface area contributed by atoms with Gasteiger partial charge in [0.25, 0.3) is 0 Å². The molecular formula is C28H32N6O6. The Bertz CT molecular complexity index is 1500. The minimum Gasteiger partial charge on any atom is -0.493 e. The van der Waals surface area contributed by atoms with E-state index in [1.54, 1.807) is 51.7 Å². The van der Waals surface area contributed by atoms with Crippen LogP contribution >= 0.6 is 0 Å². The van der Waals surface area contributed by atoms with Crippen LogP contribution in [0.2, 0.25) is 0 Å². The third-order valence-electron chi connectivity index (χ3n) is 5.60. The van der Waals surface area contributed by atoms with E-state index in [0.717, 1.165) is 5.56 Å². The summed E-state index contributed by atoms with van der Waals surface area (Å²) in [5.41, 5.74) is 1.58. The molecule has 1 N–H and O–H groups in total. The van der Waals surface area contributed by atoms with Crippen molar-refractivity contribution < 1.29 is 28.5 Å². The molecule has 2 aromatic carbocycles. The van der Waals surface area contributed by atoms with Gasteiger partial charge in [-0.1, -0.05) is 12.1 Å². The van der Waals surface area contributed by atoms with Crippen LogP contribution in [0.4, 0.5) is 10.5 Å². The summed E-state index contributed by atoms with van der Waals surface area (Å²) in [5, 5.41) is 7.69. The lowest BCUT2D eigenvalue weighted by Crippen LogP contribution is -2.33. The van der Waals surface area contributed by atoms with Gasteiger partial charge >= 0.3 is 6.09 Å². The Morgan fingerprint density at radius 3 is 2.40 bits per heavy atom. The van der Waals surface area contributed by atoms with Crippen LogP contribution in [0.1, 0.15) is 26.3 Å². The number of fused-ring (bicyclic) bond motifs is 1. The van der Waals surface area contributed by atoms with Crippen LogP contribution in [0.5, 0.6) is 23.1 Å². The Hall–Kier alpha value is -4.87. The first kappa shape index (κ1) is 28.1. The summed E-state index contributed by atoms with van der Waals surface area (Å²) in [7, 11) is 4.77. The van der Waals surface area contributed by atoms with Crippen LogP contribution in [0, 0.1) is 0 Å². The molecule has 0 saturated heterocycles. The molecule has 4 aromatic rings. The molecule has 2 amide bonds. The van der Waals surface area contributed by atoms with Crippen LogP contribution < -0.4 is 19.5 Å². The molecule has 2 heterocycles. The van der Waals surface area contributed by atoms with Crippen molar-refractivity contribution >= 4 is 28.6 Å². The highest BCUT2D eigenvalue weighted by atomic mass is 16.6. The number of carbonyl (C=O) groups is 2. The second-order valence-corrected chi connectivity index (χ2v) is 9.96. The average molecular weight is 549 g/mol. The van der Waals surface area contributed by atoms with E-state index in [4.69, 9.17) is 18.9 Å². The summed E-state index contributed by atoms with van der Waals surface area (Å²) < 4.78 is 23.5. The molecule has 0 saturated carbocycles. The minimum atomic E-state index is -0.561. The number of hydrogen-bond acceptors (Lipinski definition) is 9. The molecule has 0 fully saturated rings. The van der Waals surface area contributed by atoms with E-state index in [-0.39, 0.29) is 12.5 Å². The molecular weight excluding hydrogens is 516 g/mol. The van der Waals surface area contributed by atoms with Gasteiger partial charge in [-0.15, -0.1) is 0 Å². The number of ether oxygens (including phenoxy) is 4. The second-order valence-electron chi connectivity index (χ2n) is 9.96. The molecule has 0 spiro atoms. The molecule has 2 aromatic heterocycles. The van der Waals surface area contributed by atoms with E-state index in [1.165, 1.54) is 22.1 Å². The maximum Gasteiger partial charge on any atom is 0.410 e. The van der Waals surface area contributed by atoms with Gasteiger partial charge in [-0.05, 0) is 44.5 Å². The normalized spacial score (nSPS) is 11.2. The fraction of sp³-hybridized carbons (Fsp3) is 0.321. The van der Waals surface area contributed by atoms with Crippen molar-refractivity contribution in [3.8, 4) is 23.1 Å². The Kier molecular flexibility index (Phi) is 8.37. The Labute approximate surface area is 231 Å². The first-order chi connectivity index (χ1) is 19.0. The largest absolute Gasteiger partial charge is 0.493 e. The number of rotatable bonds is 9. The van der Waals surface area contributed by atoms with Crippen LogP contribution in [-0.2, 0) is 22.6 Å². The molecule has 210 valence electrons.